The molecule has 5 rings (SSSR count). The number of alkyl halides is 3. The van der Waals surface area contributed by atoms with Crippen LogP contribution in [0.4, 0.5) is 26.3 Å². The fraction of sp³-hybridized carbons (Fsp3) is 0.308. The van der Waals surface area contributed by atoms with Crippen molar-refractivity contribution in [2.24, 2.45) is 0 Å². The number of fused-ring (bicyclic) bond motifs is 2. The van der Waals surface area contributed by atoms with Crippen LogP contribution >= 0.6 is 0 Å². The first-order chi connectivity index (χ1) is 19.8. The average molecular weight is 617 g/mol. The van der Waals surface area contributed by atoms with Gasteiger partial charge in [0, 0.05) is 42.8 Å². The first-order valence-electron chi connectivity index (χ1n) is 12.4. The third-order valence-corrected chi connectivity index (χ3v) is 7.45. The van der Waals surface area contributed by atoms with Gasteiger partial charge in [-0.1, -0.05) is 12.1 Å². The topological polar surface area (TPSA) is 105 Å². The maximum atomic E-state index is 15.7. The van der Waals surface area contributed by atoms with Crippen molar-refractivity contribution in [3.63, 3.8) is 0 Å². The Labute approximate surface area is 235 Å². The van der Waals surface area contributed by atoms with Gasteiger partial charge >= 0.3 is 15.6 Å². The number of ether oxygens (including phenoxy) is 2. The van der Waals surface area contributed by atoms with E-state index >= 15 is 8.78 Å². The van der Waals surface area contributed by atoms with E-state index in [1.54, 1.807) is 4.68 Å². The zero-order valence-corrected chi connectivity index (χ0v) is 22.7. The Hall–Kier alpha value is -3.89. The van der Waals surface area contributed by atoms with Crippen molar-refractivity contribution in [2.75, 3.05) is 26.9 Å². The van der Waals surface area contributed by atoms with E-state index in [2.05, 4.69) is 19.6 Å². The van der Waals surface area contributed by atoms with Crippen LogP contribution < -0.4 is 14.2 Å². The molecule has 0 saturated carbocycles. The molecule has 1 aliphatic rings. The van der Waals surface area contributed by atoms with Crippen LogP contribution in [0, 0.1) is 17.5 Å². The summed E-state index contributed by atoms with van der Waals surface area (Å²) in [6, 6.07) is 5.90. The summed E-state index contributed by atoms with van der Waals surface area (Å²) in [6.07, 6.45) is 0. The summed E-state index contributed by atoms with van der Waals surface area (Å²) in [6.45, 7) is 2.61. The highest BCUT2D eigenvalue weighted by Gasteiger charge is 2.49. The van der Waals surface area contributed by atoms with E-state index in [4.69, 9.17) is 9.47 Å². The molecule has 224 valence electrons. The Morgan fingerprint density at radius 3 is 2.52 bits per heavy atom. The highest BCUT2D eigenvalue weighted by atomic mass is 32.2. The standard InChI is InChI=1S/C26H22F6N4O5S/c1-13-19-12-18(35-36(19)7-6-33-13)24-22(23-17(29)10-14(27)11-20(23)40-9-8-39-2)15-4-3-5-16(28)21(15)25(34-24)41-42(37,38)26(30,31)32/h3-5,10-13,33H,6-9H2,1-2H3/t13-/m1/s1. The van der Waals surface area contributed by atoms with Crippen LogP contribution in [-0.4, -0.2) is 55.6 Å². The summed E-state index contributed by atoms with van der Waals surface area (Å²) in [5.74, 6) is -5.00. The number of nitrogens with one attached hydrogen (secondary N) is 1. The van der Waals surface area contributed by atoms with Crippen LogP contribution in [0.5, 0.6) is 11.6 Å². The number of hydrogen-bond donors (Lipinski definition) is 1. The van der Waals surface area contributed by atoms with Gasteiger partial charge in [0.1, 0.15) is 41.2 Å². The number of halogens is 6. The number of aromatic nitrogens is 3. The van der Waals surface area contributed by atoms with Crippen LogP contribution in [0.25, 0.3) is 33.3 Å². The molecule has 3 heterocycles. The fourth-order valence-corrected chi connectivity index (χ4v) is 5.07. The van der Waals surface area contributed by atoms with E-state index in [-0.39, 0.29) is 47.3 Å². The van der Waals surface area contributed by atoms with E-state index in [1.165, 1.54) is 25.3 Å². The third kappa shape index (κ3) is 5.36. The van der Waals surface area contributed by atoms with Gasteiger partial charge < -0.3 is 19.0 Å². The van der Waals surface area contributed by atoms with Crippen molar-refractivity contribution in [1.82, 2.24) is 20.1 Å². The van der Waals surface area contributed by atoms with Gasteiger partial charge in [-0.2, -0.15) is 26.7 Å². The Balaban J connectivity index is 1.89. The lowest BCUT2D eigenvalue weighted by molar-refractivity contribution is -0.0500. The third-order valence-electron chi connectivity index (χ3n) is 6.50. The molecule has 0 fully saturated rings. The molecule has 42 heavy (non-hydrogen) atoms. The van der Waals surface area contributed by atoms with Crippen LogP contribution in [0.1, 0.15) is 18.7 Å². The molecule has 0 saturated heterocycles. The number of rotatable bonds is 8. The van der Waals surface area contributed by atoms with Crippen molar-refractivity contribution in [1.29, 1.82) is 0 Å². The van der Waals surface area contributed by atoms with Crippen molar-refractivity contribution in [3.05, 3.63) is 59.5 Å². The highest BCUT2D eigenvalue weighted by Crippen LogP contribution is 2.46. The van der Waals surface area contributed by atoms with Gasteiger partial charge in [-0.05, 0) is 19.1 Å². The first kappa shape index (κ1) is 29.6. The highest BCUT2D eigenvalue weighted by molar-refractivity contribution is 7.88. The largest absolute Gasteiger partial charge is 0.534 e. The van der Waals surface area contributed by atoms with Crippen molar-refractivity contribution in [3.8, 4) is 34.1 Å². The molecule has 1 atom stereocenters. The zero-order valence-electron chi connectivity index (χ0n) is 21.9. The normalized spacial score (nSPS) is 15.6. The van der Waals surface area contributed by atoms with E-state index in [9.17, 15) is 26.0 Å². The number of nitrogens with zero attached hydrogens (tertiary/aromatic N) is 3. The number of hydrogen-bond acceptors (Lipinski definition) is 8. The molecule has 0 spiro atoms. The van der Waals surface area contributed by atoms with Crippen LogP contribution in [-0.2, 0) is 21.4 Å². The second-order valence-electron chi connectivity index (χ2n) is 9.24. The second kappa shape index (κ2) is 11.1. The summed E-state index contributed by atoms with van der Waals surface area (Å²) < 4.78 is 126. The van der Waals surface area contributed by atoms with Gasteiger partial charge in [-0.3, -0.25) is 4.68 Å². The minimum atomic E-state index is -6.31. The zero-order chi connectivity index (χ0) is 30.4. The summed E-state index contributed by atoms with van der Waals surface area (Å²) in [7, 11) is -4.94. The maximum absolute atomic E-state index is 15.7. The molecule has 0 amide bonds. The lowest BCUT2D eigenvalue weighted by Crippen LogP contribution is -2.31. The smallest absolute Gasteiger partial charge is 0.490 e. The predicted octanol–water partition coefficient (Wildman–Crippen LogP) is 5.10. The number of pyridine rings is 1. The minimum Gasteiger partial charge on any atom is -0.490 e. The first-order valence-corrected chi connectivity index (χ1v) is 13.8. The van der Waals surface area contributed by atoms with Crippen LogP contribution in [0.3, 0.4) is 0 Å². The van der Waals surface area contributed by atoms with Gasteiger partial charge in [-0.25, -0.2) is 18.2 Å². The fourth-order valence-electron chi connectivity index (χ4n) is 4.65. The Bertz CT molecular complexity index is 1780. The molecule has 0 aliphatic carbocycles. The molecule has 1 N–H and O–H groups in total. The van der Waals surface area contributed by atoms with Gasteiger partial charge in [0.05, 0.1) is 29.8 Å². The molecule has 1 aliphatic heterocycles. The van der Waals surface area contributed by atoms with Gasteiger partial charge in [0.2, 0.25) is 5.88 Å². The van der Waals surface area contributed by atoms with E-state index in [0.29, 0.717) is 24.8 Å². The Kier molecular flexibility index (Phi) is 7.80. The number of methoxy groups -OCH3 is 1. The molecular weight excluding hydrogens is 594 g/mol. The molecular formula is C26H22F6N4O5S. The summed E-state index contributed by atoms with van der Waals surface area (Å²) in [5.41, 5.74) is -6.30. The molecule has 4 aromatic rings. The lowest BCUT2D eigenvalue weighted by Gasteiger charge is -2.21. The predicted molar refractivity (Wildman–Crippen MR) is 138 cm³/mol. The maximum Gasteiger partial charge on any atom is 0.534 e. The van der Waals surface area contributed by atoms with E-state index < -0.39 is 49.9 Å². The molecule has 9 nitrogen and oxygen atoms in total. The van der Waals surface area contributed by atoms with Crippen molar-refractivity contribution < 1.29 is 48.4 Å². The molecule has 0 radical (unpaired) electrons. The van der Waals surface area contributed by atoms with Crippen molar-refractivity contribution >= 4 is 20.9 Å². The SMILES string of the molecule is COCCOc1cc(F)cc(F)c1-c1c(-c2cc3n(n2)CCN[C@@H]3C)nc(OS(=O)(=O)C(F)(F)F)c2c(F)cccc12. The van der Waals surface area contributed by atoms with Crippen LogP contribution in [0.2, 0.25) is 0 Å². The number of benzene rings is 2. The summed E-state index contributed by atoms with van der Waals surface area (Å²) in [4.78, 5) is 4.00. The van der Waals surface area contributed by atoms with Gasteiger partial charge in [0.15, 0.2) is 0 Å². The molecule has 16 heteroatoms. The summed E-state index contributed by atoms with van der Waals surface area (Å²) in [5, 5.41) is 6.57. The Morgan fingerprint density at radius 2 is 1.83 bits per heavy atom. The molecule has 0 unspecified atom stereocenters. The molecule has 2 aromatic carbocycles. The van der Waals surface area contributed by atoms with Crippen molar-refractivity contribution in [2.45, 2.75) is 25.0 Å². The summed E-state index contributed by atoms with van der Waals surface area (Å²) >= 11 is 0. The Morgan fingerprint density at radius 1 is 1.07 bits per heavy atom. The van der Waals surface area contributed by atoms with Crippen LogP contribution in [0.15, 0.2) is 36.4 Å². The monoisotopic (exact) mass is 616 g/mol. The second-order valence-corrected chi connectivity index (χ2v) is 10.8. The molecule has 0 bridgehead atoms. The average Bonchev–Trinajstić information content (AvgIpc) is 3.34. The van der Waals surface area contributed by atoms with E-state index in [1.807, 2.05) is 6.92 Å². The molecule has 2 aromatic heterocycles. The lowest BCUT2D eigenvalue weighted by atomic mass is 9.94. The van der Waals surface area contributed by atoms with Gasteiger partial charge in [-0.15, -0.1) is 0 Å². The van der Waals surface area contributed by atoms with Gasteiger partial charge in [0.25, 0.3) is 0 Å². The quantitative estimate of drug-likeness (QED) is 0.126. The minimum absolute atomic E-state index is 0.0254. The van der Waals surface area contributed by atoms with E-state index in [0.717, 1.165) is 12.1 Å².